The Hall–Kier alpha value is -2.38. The molecule has 0 fully saturated rings. The molecule has 3 aromatic carbocycles. The molecular formula is C22H13Cl2F4N3S2. The molecule has 0 saturated heterocycles. The molecule has 3 aromatic rings. The van der Waals surface area contributed by atoms with Crippen molar-refractivity contribution < 1.29 is 17.6 Å². The number of thioether (sulfide) groups is 1. The van der Waals surface area contributed by atoms with Crippen LogP contribution in [0.15, 0.2) is 69.4 Å². The van der Waals surface area contributed by atoms with Crippen LogP contribution in [-0.2, 0) is 6.18 Å². The van der Waals surface area contributed by atoms with Gasteiger partial charge >= 0.3 is 6.18 Å². The van der Waals surface area contributed by atoms with E-state index in [4.69, 9.17) is 28.5 Å². The topological polar surface area (TPSA) is 48.2 Å². The summed E-state index contributed by atoms with van der Waals surface area (Å²) in [7, 11) is 0. The summed E-state index contributed by atoms with van der Waals surface area (Å²) in [5.41, 5.74) is -0.655. The minimum Gasteiger partial charge on any atom is -0.271 e. The van der Waals surface area contributed by atoms with Gasteiger partial charge in [-0.2, -0.15) is 18.4 Å². The third-order valence-electron chi connectivity index (χ3n) is 4.23. The van der Waals surface area contributed by atoms with E-state index in [0.717, 1.165) is 23.9 Å². The molecule has 0 unspecified atom stereocenters. The number of nitriles is 1. The molecular weight excluding hydrogens is 517 g/mol. The molecule has 0 aliphatic rings. The number of aliphatic imine (C=N–C) groups is 1. The Kier molecular flexibility index (Phi) is 8.19. The molecule has 0 saturated carbocycles. The third kappa shape index (κ3) is 6.15. The molecule has 1 N–H and O–H groups in total. The Morgan fingerprint density at radius 2 is 1.73 bits per heavy atom. The summed E-state index contributed by atoms with van der Waals surface area (Å²) < 4.78 is 56.0. The fourth-order valence-corrected chi connectivity index (χ4v) is 4.97. The van der Waals surface area contributed by atoms with Gasteiger partial charge < -0.3 is 0 Å². The fraction of sp³-hybridized carbons (Fsp3) is 0.0909. The second kappa shape index (κ2) is 10.7. The zero-order valence-corrected chi connectivity index (χ0v) is 19.8. The number of halogens is 6. The van der Waals surface area contributed by atoms with Crippen LogP contribution in [0.2, 0.25) is 10.0 Å². The zero-order valence-electron chi connectivity index (χ0n) is 16.7. The summed E-state index contributed by atoms with van der Waals surface area (Å²) in [6.07, 6.45) is -1.26. The summed E-state index contributed by atoms with van der Waals surface area (Å²) in [4.78, 5) is 4.28. The third-order valence-corrected chi connectivity index (χ3v) is 6.83. The molecule has 0 aliphatic heterocycles. The molecule has 3 rings (SSSR count). The number of nitrogens with one attached hydrogen (secondary N) is 1. The van der Waals surface area contributed by atoms with Gasteiger partial charge in [0.05, 0.1) is 21.3 Å². The summed E-state index contributed by atoms with van der Waals surface area (Å²) in [5.74, 6) is -0.642. The van der Waals surface area contributed by atoms with Crippen LogP contribution < -0.4 is 5.32 Å². The Labute approximate surface area is 205 Å². The van der Waals surface area contributed by atoms with Crippen LogP contribution in [0.25, 0.3) is 11.1 Å². The molecule has 0 amide bonds. The maximum atomic E-state index is 14.1. The Morgan fingerprint density at radius 3 is 2.30 bits per heavy atom. The standard InChI is InChI=1S/C22H13Cl2F4N3S2/c1-32-21(30-11-29)31-14-9-16(23)20(17(24)10-14)33-18-7-3-6-15(19(18)22(26,27)28)12-4-2-5-13(25)8-12/h2-10H,1H3,(H,30,31). The molecule has 170 valence electrons. The molecule has 33 heavy (non-hydrogen) atoms. The maximum absolute atomic E-state index is 14.1. The Bertz CT molecular complexity index is 1230. The normalized spacial score (nSPS) is 11.9. The van der Waals surface area contributed by atoms with Crippen molar-refractivity contribution in [1.29, 1.82) is 5.26 Å². The van der Waals surface area contributed by atoms with E-state index in [2.05, 4.69) is 10.3 Å². The molecule has 0 atom stereocenters. The lowest BCUT2D eigenvalue weighted by atomic mass is 9.99. The van der Waals surface area contributed by atoms with Crippen molar-refractivity contribution in [3.8, 4) is 17.3 Å². The second-order valence-electron chi connectivity index (χ2n) is 6.39. The first-order chi connectivity index (χ1) is 15.6. The highest BCUT2D eigenvalue weighted by molar-refractivity contribution is 8.13. The van der Waals surface area contributed by atoms with Crippen LogP contribution in [0.4, 0.5) is 23.2 Å². The van der Waals surface area contributed by atoms with E-state index in [0.29, 0.717) is 10.9 Å². The van der Waals surface area contributed by atoms with Crippen molar-refractivity contribution >= 4 is 57.6 Å². The van der Waals surface area contributed by atoms with Gasteiger partial charge in [0.1, 0.15) is 5.82 Å². The average molecular weight is 530 g/mol. The smallest absolute Gasteiger partial charge is 0.271 e. The maximum Gasteiger partial charge on any atom is 0.418 e. The lowest BCUT2D eigenvalue weighted by Crippen LogP contribution is -2.12. The number of hydrogen-bond donors (Lipinski definition) is 1. The van der Waals surface area contributed by atoms with Crippen molar-refractivity contribution in [2.45, 2.75) is 16.0 Å². The van der Waals surface area contributed by atoms with Gasteiger partial charge in [-0.05, 0) is 47.7 Å². The van der Waals surface area contributed by atoms with Crippen molar-refractivity contribution in [3.05, 3.63) is 76.0 Å². The van der Waals surface area contributed by atoms with Gasteiger partial charge in [0.15, 0.2) is 11.4 Å². The van der Waals surface area contributed by atoms with Crippen LogP contribution in [0.5, 0.6) is 0 Å². The lowest BCUT2D eigenvalue weighted by molar-refractivity contribution is -0.139. The van der Waals surface area contributed by atoms with Crippen LogP contribution in [0, 0.1) is 17.3 Å². The molecule has 3 nitrogen and oxygen atoms in total. The number of rotatable bonds is 4. The van der Waals surface area contributed by atoms with E-state index in [-0.39, 0.29) is 31.0 Å². The average Bonchev–Trinajstić information content (AvgIpc) is 2.75. The second-order valence-corrected chi connectivity index (χ2v) is 9.05. The van der Waals surface area contributed by atoms with Gasteiger partial charge in [-0.15, -0.1) is 0 Å². The summed E-state index contributed by atoms with van der Waals surface area (Å²) in [6.45, 7) is 0. The van der Waals surface area contributed by atoms with E-state index >= 15 is 0 Å². The van der Waals surface area contributed by atoms with E-state index < -0.39 is 17.6 Å². The number of nitrogens with zero attached hydrogens (tertiary/aromatic N) is 2. The van der Waals surface area contributed by atoms with E-state index in [1.165, 1.54) is 54.2 Å². The first-order valence-corrected chi connectivity index (χ1v) is 11.8. The first kappa shape index (κ1) is 25.2. The lowest BCUT2D eigenvalue weighted by Gasteiger charge is -2.18. The van der Waals surface area contributed by atoms with Crippen LogP contribution in [0.1, 0.15) is 5.56 Å². The van der Waals surface area contributed by atoms with Gasteiger partial charge in [0, 0.05) is 9.79 Å². The van der Waals surface area contributed by atoms with E-state index in [1.807, 2.05) is 0 Å². The predicted molar refractivity (Wildman–Crippen MR) is 127 cm³/mol. The summed E-state index contributed by atoms with van der Waals surface area (Å²) >= 11 is 14.6. The van der Waals surface area contributed by atoms with Gasteiger partial charge in [-0.25, -0.2) is 9.38 Å². The van der Waals surface area contributed by atoms with Crippen molar-refractivity contribution in [2.24, 2.45) is 4.99 Å². The van der Waals surface area contributed by atoms with Gasteiger partial charge in [-0.3, -0.25) is 5.32 Å². The Balaban J connectivity index is 2.09. The van der Waals surface area contributed by atoms with Crippen molar-refractivity contribution in [1.82, 2.24) is 5.32 Å². The molecule has 0 aliphatic carbocycles. The minimum absolute atomic E-state index is 0.0907. The number of hydrogen-bond acceptors (Lipinski definition) is 4. The zero-order chi connectivity index (χ0) is 24.2. The van der Waals surface area contributed by atoms with Crippen LogP contribution in [0.3, 0.4) is 0 Å². The number of benzene rings is 3. The largest absolute Gasteiger partial charge is 0.418 e. The van der Waals surface area contributed by atoms with Gasteiger partial charge in [0.25, 0.3) is 0 Å². The van der Waals surface area contributed by atoms with Gasteiger partial charge in [-0.1, -0.05) is 71.0 Å². The summed E-state index contributed by atoms with van der Waals surface area (Å²) in [6, 6.07) is 11.9. The van der Waals surface area contributed by atoms with E-state index in [9.17, 15) is 17.6 Å². The molecule has 0 spiro atoms. The molecule has 0 heterocycles. The van der Waals surface area contributed by atoms with Crippen molar-refractivity contribution in [3.63, 3.8) is 0 Å². The predicted octanol–water partition coefficient (Wildman–Crippen LogP) is 8.39. The van der Waals surface area contributed by atoms with Gasteiger partial charge in [0.2, 0.25) is 0 Å². The van der Waals surface area contributed by atoms with Crippen LogP contribution in [-0.4, -0.2) is 11.4 Å². The minimum atomic E-state index is -4.72. The highest BCUT2D eigenvalue weighted by atomic mass is 35.5. The monoisotopic (exact) mass is 529 g/mol. The molecule has 0 aromatic heterocycles. The SMILES string of the molecule is CSC(=Nc1cc(Cl)c(Sc2cccc(-c3cccc(F)c3)c2C(F)(F)F)c(Cl)c1)NC#N. The molecule has 0 radical (unpaired) electrons. The number of amidine groups is 1. The number of alkyl halides is 3. The van der Waals surface area contributed by atoms with Crippen molar-refractivity contribution in [2.75, 3.05) is 6.26 Å². The van der Waals surface area contributed by atoms with Crippen LogP contribution >= 0.6 is 46.7 Å². The quantitative estimate of drug-likeness (QED) is 0.121. The Morgan fingerprint density at radius 1 is 1.06 bits per heavy atom. The highest BCUT2D eigenvalue weighted by Gasteiger charge is 2.37. The molecule has 11 heteroatoms. The first-order valence-electron chi connectivity index (χ1n) is 9.05. The summed E-state index contributed by atoms with van der Waals surface area (Å²) in [5, 5.41) is 11.6. The highest BCUT2D eigenvalue weighted by Crippen LogP contribution is 2.48. The van der Waals surface area contributed by atoms with E-state index in [1.54, 1.807) is 12.4 Å². The molecule has 0 bridgehead atoms. The fourth-order valence-electron chi connectivity index (χ4n) is 2.91.